The van der Waals surface area contributed by atoms with Crippen LogP contribution in [0.2, 0.25) is 0 Å². The molecule has 2 fully saturated rings. The number of para-hydroxylation sites is 1. The number of rotatable bonds is 4. The van der Waals surface area contributed by atoms with E-state index in [1.54, 1.807) is 4.68 Å². The molecule has 2 aromatic carbocycles. The molecule has 5 rings (SSSR count). The Balaban J connectivity index is 1.42. The molecule has 6 heteroatoms. The van der Waals surface area contributed by atoms with Crippen molar-refractivity contribution < 1.29 is 9.59 Å². The average molecular weight is 400 g/mol. The summed E-state index contributed by atoms with van der Waals surface area (Å²) in [6, 6.07) is 19.6. The number of nitrogens with zero attached hydrogens (tertiary/aromatic N) is 4. The Morgan fingerprint density at radius 3 is 2.03 bits per heavy atom. The van der Waals surface area contributed by atoms with Gasteiger partial charge in [0.25, 0.3) is 5.91 Å². The van der Waals surface area contributed by atoms with Gasteiger partial charge in [-0.3, -0.25) is 9.59 Å². The zero-order valence-electron chi connectivity index (χ0n) is 16.8. The van der Waals surface area contributed by atoms with Crippen LogP contribution in [0.3, 0.4) is 0 Å². The smallest absolute Gasteiger partial charge is 0.257 e. The first-order valence-corrected chi connectivity index (χ1v) is 10.5. The second kappa shape index (κ2) is 7.78. The SMILES string of the molecule is O=C(c1cn(-c2ccccc2)nc1-c1ccccc1)N1CCN(C(=O)C2CC2)CC1. The molecule has 0 spiro atoms. The fourth-order valence-electron chi connectivity index (χ4n) is 3.94. The van der Waals surface area contributed by atoms with Crippen LogP contribution in [0.5, 0.6) is 0 Å². The van der Waals surface area contributed by atoms with Gasteiger partial charge in [-0.2, -0.15) is 5.10 Å². The highest BCUT2D eigenvalue weighted by Gasteiger charge is 2.35. The van der Waals surface area contributed by atoms with Crippen LogP contribution in [0.1, 0.15) is 23.2 Å². The maximum absolute atomic E-state index is 13.4. The third-order valence-electron chi connectivity index (χ3n) is 5.82. The number of benzene rings is 2. The lowest BCUT2D eigenvalue weighted by Gasteiger charge is -2.34. The minimum atomic E-state index is -0.0328. The summed E-state index contributed by atoms with van der Waals surface area (Å²) in [5.74, 6) is 0.444. The van der Waals surface area contributed by atoms with Gasteiger partial charge in [-0.15, -0.1) is 0 Å². The van der Waals surface area contributed by atoms with E-state index >= 15 is 0 Å². The average Bonchev–Trinajstić information content (AvgIpc) is 3.57. The summed E-state index contributed by atoms with van der Waals surface area (Å²) in [4.78, 5) is 29.5. The lowest BCUT2D eigenvalue weighted by molar-refractivity contribution is -0.134. The molecule has 30 heavy (non-hydrogen) atoms. The molecule has 6 nitrogen and oxygen atoms in total. The Labute approximate surface area is 175 Å². The summed E-state index contributed by atoms with van der Waals surface area (Å²) in [6.07, 6.45) is 3.84. The van der Waals surface area contributed by atoms with Gasteiger partial charge in [0.1, 0.15) is 5.69 Å². The highest BCUT2D eigenvalue weighted by Crippen LogP contribution is 2.31. The maximum Gasteiger partial charge on any atom is 0.257 e. The molecule has 2 heterocycles. The van der Waals surface area contributed by atoms with Crippen molar-refractivity contribution >= 4 is 11.8 Å². The second-order valence-corrected chi connectivity index (χ2v) is 7.93. The van der Waals surface area contributed by atoms with Crippen LogP contribution < -0.4 is 0 Å². The molecule has 0 radical (unpaired) electrons. The van der Waals surface area contributed by atoms with Crippen LogP contribution in [0.15, 0.2) is 66.9 Å². The molecule has 2 aliphatic rings. The van der Waals surface area contributed by atoms with Gasteiger partial charge >= 0.3 is 0 Å². The van der Waals surface area contributed by atoms with Crippen molar-refractivity contribution in [1.82, 2.24) is 19.6 Å². The first kappa shape index (κ1) is 18.6. The monoisotopic (exact) mass is 400 g/mol. The van der Waals surface area contributed by atoms with Gasteiger partial charge in [0, 0.05) is 43.9 Å². The summed E-state index contributed by atoms with van der Waals surface area (Å²) in [5.41, 5.74) is 3.10. The van der Waals surface area contributed by atoms with E-state index in [9.17, 15) is 9.59 Å². The van der Waals surface area contributed by atoms with Crippen LogP contribution in [-0.4, -0.2) is 57.6 Å². The molecule has 0 unspecified atom stereocenters. The van der Waals surface area contributed by atoms with E-state index < -0.39 is 0 Å². The number of amides is 2. The normalized spacial score (nSPS) is 16.5. The van der Waals surface area contributed by atoms with Crippen molar-refractivity contribution in [3.8, 4) is 16.9 Å². The molecule has 1 aromatic heterocycles. The molecule has 3 aromatic rings. The Kier molecular flexibility index (Phi) is 4.83. The molecule has 1 aliphatic carbocycles. The maximum atomic E-state index is 13.4. The summed E-state index contributed by atoms with van der Waals surface area (Å²) < 4.78 is 1.77. The molecule has 0 N–H and O–H groups in total. The third kappa shape index (κ3) is 3.61. The standard InChI is InChI=1S/C24H24N4O2/c29-23(19-11-12-19)26-13-15-27(16-14-26)24(30)21-17-28(20-9-5-2-6-10-20)25-22(21)18-7-3-1-4-8-18/h1-10,17,19H,11-16H2. The summed E-state index contributed by atoms with van der Waals surface area (Å²) in [6.45, 7) is 2.33. The van der Waals surface area contributed by atoms with Crippen molar-refractivity contribution in [2.75, 3.05) is 26.2 Å². The fourth-order valence-corrected chi connectivity index (χ4v) is 3.94. The first-order chi connectivity index (χ1) is 14.7. The van der Waals surface area contributed by atoms with Crippen molar-refractivity contribution in [3.05, 3.63) is 72.4 Å². The lowest BCUT2D eigenvalue weighted by Crippen LogP contribution is -2.51. The quantitative estimate of drug-likeness (QED) is 0.676. The zero-order valence-corrected chi connectivity index (χ0v) is 16.8. The third-order valence-corrected chi connectivity index (χ3v) is 5.82. The van der Waals surface area contributed by atoms with Crippen LogP contribution in [0.25, 0.3) is 16.9 Å². The van der Waals surface area contributed by atoms with Crippen molar-refractivity contribution in [2.24, 2.45) is 5.92 Å². The van der Waals surface area contributed by atoms with Gasteiger partial charge in [-0.1, -0.05) is 48.5 Å². The van der Waals surface area contributed by atoms with E-state index in [0.717, 1.165) is 24.1 Å². The van der Waals surface area contributed by atoms with Gasteiger partial charge in [0.15, 0.2) is 0 Å². The van der Waals surface area contributed by atoms with E-state index in [1.165, 1.54) is 0 Å². The van der Waals surface area contributed by atoms with Gasteiger partial charge in [0.05, 0.1) is 11.3 Å². The summed E-state index contributed by atoms with van der Waals surface area (Å²) in [5, 5.41) is 4.75. The van der Waals surface area contributed by atoms with Gasteiger partial charge in [-0.05, 0) is 25.0 Å². The molecular weight excluding hydrogens is 376 g/mol. The molecule has 152 valence electrons. The van der Waals surface area contributed by atoms with Gasteiger partial charge in [-0.25, -0.2) is 4.68 Å². The minimum absolute atomic E-state index is 0.0328. The number of carbonyl (C=O) groups is 2. The number of hydrogen-bond donors (Lipinski definition) is 0. The molecule has 0 bridgehead atoms. The Hall–Kier alpha value is -3.41. The predicted molar refractivity (Wildman–Crippen MR) is 114 cm³/mol. The molecule has 1 saturated heterocycles. The molecule has 1 aliphatic heterocycles. The highest BCUT2D eigenvalue weighted by atomic mass is 16.2. The Morgan fingerprint density at radius 1 is 0.800 bits per heavy atom. The Morgan fingerprint density at radius 2 is 1.40 bits per heavy atom. The van der Waals surface area contributed by atoms with Crippen molar-refractivity contribution in [3.63, 3.8) is 0 Å². The predicted octanol–water partition coefficient (Wildman–Crippen LogP) is 3.23. The largest absolute Gasteiger partial charge is 0.339 e. The van der Waals surface area contributed by atoms with Crippen LogP contribution in [0, 0.1) is 5.92 Å². The van der Waals surface area contributed by atoms with Gasteiger partial charge in [0.2, 0.25) is 5.91 Å². The first-order valence-electron chi connectivity index (χ1n) is 10.5. The molecular formula is C24H24N4O2. The van der Waals surface area contributed by atoms with E-state index in [4.69, 9.17) is 5.10 Å². The highest BCUT2D eigenvalue weighted by molar-refractivity contribution is 6.00. The second-order valence-electron chi connectivity index (χ2n) is 7.93. The minimum Gasteiger partial charge on any atom is -0.339 e. The summed E-state index contributed by atoms with van der Waals surface area (Å²) in [7, 11) is 0. The van der Waals surface area contributed by atoms with Crippen LogP contribution in [-0.2, 0) is 4.79 Å². The van der Waals surface area contributed by atoms with Crippen LogP contribution in [0.4, 0.5) is 0 Å². The van der Waals surface area contributed by atoms with Crippen LogP contribution >= 0.6 is 0 Å². The van der Waals surface area contributed by atoms with E-state index in [-0.39, 0.29) is 17.7 Å². The fraction of sp³-hybridized carbons (Fsp3) is 0.292. The van der Waals surface area contributed by atoms with E-state index in [2.05, 4.69) is 0 Å². The van der Waals surface area contributed by atoms with Gasteiger partial charge < -0.3 is 9.80 Å². The number of hydrogen-bond acceptors (Lipinski definition) is 3. The van der Waals surface area contributed by atoms with Crippen molar-refractivity contribution in [1.29, 1.82) is 0 Å². The number of piperazine rings is 1. The topological polar surface area (TPSA) is 58.4 Å². The number of carbonyl (C=O) groups excluding carboxylic acids is 2. The molecule has 0 atom stereocenters. The van der Waals surface area contributed by atoms with E-state index in [1.807, 2.05) is 76.7 Å². The van der Waals surface area contributed by atoms with Crippen molar-refractivity contribution in [2.45, 2.75) is 12.8 Å². The lowest BCUT2D eigenvalue weighted by atomic mass is 10.1. The number of aromatic nitrogens is 2. The molecule has 2 amide bonds. The zero-order chi connectivity index (χ0) is 20.5. The van der Waals surface area contributed by atoms with E-state index in [0.29, 0.717) is 37.4 Å². The molecule has 1 saturated carbocycles. The summed E-state index contributed by atoms with van der Waals surface area (Å²) >= 11 is 0. The Bertz CT molecular complexity index is 1050.